The second kappa shape index (κ2) is 12.8. The minimum atomic E-state index is -4.22. The van der Waals surface area contributed by atoms with Crippen LogP contribution in [-0.2, 0) is 26.2 Å². The van der Waals surface area contributed by atoms with E-state index >= 15 is 0 Å². The van der Waals surface area contributed by atoms with Gasteiger partial charge in [-0.15, -0.1) is 0 Å². The van der Waals surface area contributed by atoms with Gasteiger partial charge in [0.1, 0.15) is 24.2 Å². The van der Waals surface area contributed by atoms with Crippen molar-refractivity contribution >= 4 is 27.5 Å². The zero-order chi connectivity index (χ0) is 28.7. The first-order valence-electron chi connectivity index (χ1n) is 12.5. The number of benzene rings is 3. The number of hydrogen-bond acceptors (Lipinski definition) is 5. The molecule has 0 aromatic heterocycles. The van der Waals surface area contributed by atoms with Crippen LogP contribution in [0.2, 0.25) is 0 Å². The summed E-state index contributed by atoms with van der Waals surface area (Å²) in [6, 6.07) is 17.1. The monoisotopic (exact) mass is 555 g/mol. The molecule has 208 valence electrons. The highest BCUT2D eigenvalue weighted by Crippen LogP contribution is 2.25. The SMILES string of the molecule is COc1cccc(CN(C(=O)CN(c2ccc(F)cc2)S(=O)(=O)c2ccc(C)cc2)[C@H](C)C(=O)NC(C)C)c1. The first-order valence-corrected chi connectivity index (χ1v) is 13.9. The predicted octanol–water partition coefficient (Wildman–Crippen LogP) is 4.28. The summed E-state index contributed by atoms with van der Waals surface area (Å²) in [6.07, 6.45) is 0. The minimum absolute atomic E-state index is 0.0184. The van der Waals surface area contributed by atoms with Gasteiger partial charge in [0.25, 0.3) is 10.0 Å². The number of carbonyl (C=O) groups excluding carboxylic acids is 2. The number of nitrogens with one attached hydrogen (secondary N) is 1. The highest BCUT2D eigenvalue weighted by Gasteiger charge is 2.32. The standard InChI is InChI=1S/C29H34FN3O5S/c1-20(2)31-29(35)22(4)32(18-23-7-6-8-26(17-23)38-5)28(34)19-33(25-13-11-24(30)12-14-25)39(36,37)27-15-9-21(3)10-16-27/h6-17,20,22H,18-19H2,1-5H3,(H,31,35)/t22-/m1/s1. The molecule has 0 aliphatic heterocycles. The van der Waals surface area contributed by atoms with Crippen molar-refractivity contribution in [3.63, 3.8) is 0 Å². The number of amides is 2. The van der Waals surface area contributed by atoms with E-state index in [1.807, 2.05) is 20.8 Å². The number of halogens is 1. The van der Waals surface area contributed by atoms with Gasteiger partial charge in [0.2, 0.25) is 11.8 Å². The second-order valence-corrected chi connectivity index (χ2v) is 11.4. The van der Waals surface area contributed by atoms with Crippen LogP contribution in [0.4, 0.5) is 10.1 Å². The molecule has 0 bridgehead atoms. The average molecular weight is 556 g/mol. The number of ether oxygens (including phenoxy) is 1. The van der Waals surface area contributed by atoms with E-state index in [1.54, 1.807) is 43.3 Å². The molecule has 8 nitrogen and oxygen atoms in total. The quantitative estimate of drug-likeness (QED) is 0.381. The summed E-state index contributed by atoms with van der Waals surface area (Å²) in [5.41, 5.74) is 1.68. The molecule has 10 heteroatoms. The average Bonchev–Trinajstić information content (AvgIpc) is 2.90. The van der Waals surface area contributed by atoms with E-state index in [0.29, 0.717) is 11.3 Å². The highest BCUT2D eigenvalue weighted by atomic mass is 32.2. The lowest BCUT2D eigenvalue weighted by Gasteiger charge is -2.32. The van der Waals surface area contributed by atoms with E-state index in [4.69, 9.17) is 4.74 Å². The van der Waals surface area contributed by atoms with Crippen LogP contribution in [0, 0.1) is 12.7 Å². The molecule has 1 N–H and O–H groups in total. The molecule has 1 atom stereocenters. The van der Waals surface area contributed by atoms with Gasteiger partial charge in [-0.05, 0) is 81.8 Å². The van der Waals surface area contributed by atoms with Gasteiger partial charge in [-0.1, -0.05) is 29.8 Å². The molecule has 3 rings (SSSR count). The van der Waals surface area contributed by atoms with Crippen molar-refractivity contribution in [3.8, 4) is 5.75 Å². The summed E-state index contributed by atoms with van der Waals surface area (Å²) in [7, 11) is -2.69. The second-order valence-electron chi connectivity index (χ2n) is 9.51. The van der Waals surface area contributed by atoms with E-state index < -0.39 is 34.3 Å². The summed E-state index contributed by atoms with van der Waals surface area (Å²) < 4.78 is 47.4. The van der Waals surface area contributed by atoms with Gasteiger partial charge in [-0.3, -0.25) is 13.9 Å². The van der Waals surface area contributed by atoms with E-state index in [1.165, 1.54) is 36.3 Å². The van der Waals surface area contributed by atoms with Gasteiger partial charge < -0.3 is 15.0 Å². The number of anilines is 1. The predicted molar refractivity (Wildman–Crippen MR) is 148 cm³/mol. The first kappa shape index (κ1) is 29.6. The Bertz CT molecular complexity index is 1390. The van der Waals surface area contributed by atoms with E-state index in [2.05, 4.69) is 5.32 Å². The minimum Gasteiger partial charge on any atom is -0.497 e. The van der Waals surface area contributed by atoms with Crippen LogP contribution in [0.15, 0.2) is 77.7 Å². The van der Waals surface area contributed by atoms with Crippen LogP contribution in [0.1, 0.15) is 31.9 Å². The Morgan fingerprint density at radius 1 is 0.974 bits per heavy atom. The molecule has 0 fully saturated rings. The third-order valence-electron chi connectivity index (χ3n) is 6.09. The molecule has 0 spiro atoms. The number of sulfonamides is 1. The third-order valence-corrected chi connectivity index (χ3v) is 7.88. The molecule has 39 heavy (non-hydrogen) atoms. The number of aryl methyl sites for hydroxylation is 1. The fourth-order valence-electron chi connectivity index (χ4n) is 3.93. The topological polar surface area (TPSA) is 96.0 Å². The van der Waals surface area contributed by atoms with Crippen LogP contribution in [-0.4, -0.2) is 50.9 Å². The molecule has 3 aromatic carbocycles. The third kappa shape index (κ3) is 7.57. The summed E-state index contributed by atoms with van der Waals surface area (Å²) in [5, 5.41) is 2.81. The molecule has 0 saturated heterocycles. The molecule has 0 aliphatic rings. The van der Waals surface area contributed by atoms with E-state index in [-0.39, 0.29) is 29.1 Å². The zero-order valence-corrected chi connectivity index (χ0v) is 23.5. The number of methoxy groups -OCH3 is 1. The van der Waals surface area contributed by atoms with Crippen molar-refractivity contribution in [2.45, 2.75) is 51.2 Å². The van der Waals surface area contributed by atoms with Gasteiger partial charge >= 0.3 is 0 Å². The molecule has 0 heterocycles. The smallest absolute Gasteiger partial charge is 0.264 e. The van der Waals surface area contributed by atoms with Crippen LogP contribution in [0.3, 0.4) is 0 Å². The molecule has 2 amide bonds. The summed E-state index contributed by atoms with van der Waals surface area (Å²) >= 11 is 0. The number of rotatable bonds is 11. The Hall–Kier alpha value is -3.92. The number of carbonyl (C=O) groups is 2. The maximum atomic E-state index is 13.9. The van der Waals surface area contributed by atoms with Crippen LogP contribution >= 0.6 is 0 Å². The molecule has 0 radical (unpaired) electrons. The Balaban J connectivity index is 2.03. The highest BCUT2D eigenvalue weighted by molar-refractivity contribution is 7.92. The number of nitrogens with zero attached hydrogens (tertiary/aromatic N) is 2. The van der Waals surface area contributed by atoms with Crippen molar-refractivity contribution in [2.75, 3.05) is 18.0 Å². The lowest BCUT2D eigenvalue weighted by Crippen LogP contribution is -2.52. The lowest BCUT2D eigenvalue weighted by atomic mass is 10.1. The van der Waals surface area contributed by atoms with Crippen molar-refractivity contribution in [1.82, 2.24) is 10.2 Å². The van der Waals surface area contributed by atoms with Gasteiger partial charge in [-0.25, -0.2) is 12.8 Å². The fourth-order valence-corrected chi connectivity index (χ4v) is 5.34. The zero-order valence-electron chi connectivity index (χ0n) is 22.7. The van der Waals surface area contributed by atoms with Crippen LogP contribution in [0.5, 0.6) is 5.75 Å². The lowest BCUT2D eigenvalue weighted by molar-refractivity contribution is -0.139. The molecule has 0 saturated carbocycles. The maximum absolute atomic E-state index is 13.9. The van der Waals surface area contributed by atoms with Crippen molar-refractivity contribution in [1.29, 1.82) is 0 Å². The molecule has 0 aliphatic carbocycles. The Kier molecular flexibility index (Phi) is 9.69. The summed E-state index contributed by atoms with van der Waals surface area (Å²) in [4.78, 5) is 28.1. The first-order chi connectivity index (χ1) is 18.4. The van der Waals surface area contributed by atoms with Crippen LogP contribution < -0.4 is 14.4 Å². The van der Waals surface area contributed by atoms with Gasteiger partial charge in [0, 0.05) is 12.6 Å². The molecule has 3 aromatic rings. The Morgan fingerprint density at radius 2 is 1.62 bits per heavy atom. The van der Waals surface area contributed by atoms with Crippen molar-refractivity contribution in [2.24, 2.45) is 0 Å². The van der Waals surface area contributed by atoms with Crippen molar-refractivity contribution in [3.05, 3.63) is 89.7 Å². The van der Waals surface area contributed by atoms with E-state index in [9.17, 15) is 22.4 Å². The Labute approximate surface area is 229 Å². The normalized spacial score (nSPS) is 12.1. The fraction of sp³-hybridized carbons (Fsp3) is 0.310. The van der Waals surface area contributed by atoms with Gasteiger partial charge in [0.05, 0.1) is 17.7 Å². The largest absolute Gasteiger partial charge is 0.497 e. The summed E-state index contributed by atoms with van der Waals surface area (Å²) in [6.45, 7) is 6.46. The van der Waals surface area contributed by atoms with Crippen molar-refractivity contribution < 1.29 is 27.1 Å². The van der Waals surface area contributed by atoms with Crippen LogP contribution in [0.25, 0.3) is 0 Å². The molecule has 0 unspecified atom stereocenters. The number of hydrogen-bond donors (Lipinski definition) is 1. The van der Waals surface area contributed by atoms with E-state index in [0.717, 1.165) is 22.0 Å². The van der Waals surface area contributed by atoms with Gasteiger partial charge in [-0.2, -0.15) is 0 Å². The summed E-state index contributed by atoms with van der Waals surface area (Å²) in [5.74, 6) is -0.953. The maximum Gasteiger partial charge on any atom is 0.264 e. The Morgan fingerprint density at radius 3 is 2.21 bits per heavy atom. The molecular formula is C29H34FN3O5S. The molecular weight excluding hydrogens is 521 g/mol. The van der Waals surface area contributed by atoms with Gasteiger partial charge in [0.15, 0.2) is 0 Å².